The Bertz CT molecular complexity index is 258. The van der Waals surface area contributed by atoms with E-state index in [-0.39, 0.29) is 11.4 Å². The maximum atomic E-state index is 12.1. The van der Waals surface area contributed by atoms with E-state index >= 15 is 0 Å². The van der Waals surface area contributed by atoms with Crippen molar-refractivity contribution in [3.63, 3.8) is 0 Å². The van der Waals surface area contributed by atoms with Gasteiger partial charge in [0.2, 0.25) is 0 Å². The highest BCUT2D eigenvalue weighted by molar-refractivity contribution is 5.75. The third-order valence-electron chi connectivity index (χ3n) is 4.37. The molecule has 0 aliphatic carbocycles. The second-order valence-corrected chi connectivity index (χ2v) is 7.06. The van der Waals surface area contributed by atoms with E-state index in [1.165, 1.54) is 44.9 Å². The van der Waals surface area contributed by atoms with Gasteiger partial charge in [-0.2, -0.15) is 0 Å². The second-order valence-electron chi connectivity index (χ2n) is 7.06. The predicted octanol–water partition coefficient (Wildman–Crippen LogP) is 6.13. The van der Waals surface area contributed by atoms with Gasteiger partial charge in [-0.1, -0.05) is 72.1 Å². The molecule has 0 rings (SSSR count). The number of hydrogen-bond donors (Lipinski definition) is 0. The summed E-state index contributed by atoms with van der Waals surface area (Å²) < 4.78 is 5.54. The molecule has 21 heavy (non-hydrogen) atoms. The van der Waals surface area contributed by atoms with Crippen LogP contribution in [0.4, 0.5) is 0 Å². The summed E-state index contributed by atoms with van der Waals surface area (Å²) in [5.41, 5.74) is -0.324. The largest absolute Gasteiger partial charge is 0.465 e. The molecule has 0 bridgehead atoms. The molecule has 0 heterocycles. The van der Waals surface area contributed by atoms with E-state index in [0.29, 0.717) is 6.61 Å². The zero-order valence-corrected chi connectivity index (χ0v) is 15.2. The summed E-state index contributed by atoms with van der Waals surface area (Å²) in [5, 5.41) is 0. The quantitative estimate of drug-likeness (QED) is 0.302. The lowest BCUT2D eigenvalue weighted by molar-refractivity contribution is -0.154. The average molecular weight is 299 g/mol. The lowest BCUT2D eigenvalue weighted by atomic mass is 9.88. The van der Waals surface area contributed by atoms with Crippen molar-refractivity contribution in [1.82, 2.24) is 0 Å². The van der Waals surface area contributed by atoms with Crippen LogP contribution < -0.4 is 0 Å². The molecule has 1 unspecified atom stereocenters. The summed E-state index contributed by atoms with van der Waals surface area (Å²) in [4.78, 5) is 12.1. The summed E-state index contributed by atoms with van der Waals surface area (Å²) in [6, 6.07) is 0. The van der Waals surface area contributed by atoms with Crippen molar-refractivity contribution in [1.29, 1.82) is 0 Å². The van der Waals surface area contributed by atoms with Gasteiger partial charge in [-0.15, -0.1) is 0 Å². The molecule has 0 saturated carbocycles. The molecule has 0 aromatic heterocycles. The summed E-state index contributed by atoms with van der Waals surface area (Å²) in [6.07, 6.45) is 12.0. The van der Waals surface area contributed by atoms with E-state index in [1.54, 1.807) is 0 Å². The molecule has 1 atom stereocenters. The molecule has 2 heteroatoms. The summed E-state index contributed by atoms with van der Waals surface area (Å²) in [5.74, 6) is 0.714. The van der Waals surface area contributed by atoms with Crippen LogP contribution in [0.15, 0.2) is 0 Å². The van der Waals surface area contributed by atoms with E-state index in [4.69, 9.17) is 4.74 Å². The molecule has 0 aromatic rings. The summed E-state index contributed by atoms with van der Waals surface area (Å²) in [7, 11) is 0. The normalized spacial score (nSPS) is 13.2. The highest BCUT2D eigenvalue weighted by Crippen LogP contribution is 2.25. The van der Waals surface area contributed by atoms with E-state index in [0.717, 1.165) is 25.2 Å². The van der Waals surface area contributed by atoms with Gasteiger partial charge in [-0.3, -0.25) is 4.79 Å². The molecule has 0 aromatic carbocycles. The molecule has 0 spiro atoms. The third kappa shape index (κ3) is 9.92. The first kappa shape index (κ1) is 20.5. The Labute approximate surface area is 133 Å². The SMILES string of the molecule is CCCCCC(CCCC)CCOC(=O)C(C)(C)CCC. The Kier molecular flexibility index (Phi) is 11.8. The Balaban J connectivity index is 4.07. The van der Waals surface area contributed by atoms with Gasteiger partial charge in [-0.05, 0) is 32.6 Å². The van der Waals surface area contributed by atoms with Gasteiger partial charge in [0, 0.05) is 0 Å². The standard InChI is InChI=1S/C19H38O2/c1-6-9-11-13-17(12-10-7-2)14-16-21-18(20)19(4,5)15-8-3/h17H,6-16H2,1-5H3. The third-order valence-corrected chi connectivity index (χ3v) is 4.37. The summed E-state index contributed by atoms with van der Waals surface area (Å²) >= 11 is 0. The molecule has 0 radical (unpaired) electrons. The van der Waals surface area contributed by atoms with E-state index in [1.807, 2.05) is 13.8 Å². The monoisotopic (exact) mass is 298 g/mol. The maximum absolute atomic E-state index is 12.1. The molecular weight excluding hydrogens is 260 g/mol. The molecular formula is C19H38O2. The Morgan fingerprint density at radius 2 is 1.52 bits per heavy atom. The number of carbonyl (C=O) groups is 1. The smallest absolute Gasteiger partial charge is 0.311 e. The molecule has 0 aliphatic rings. The van der Waals surface area contributed by atoms with Gasteiger partial charge in [-0.25, -0.2) is 0 Å². The highest BCUT2D eigenvalue weighted by Gasteiger charge is 2.28. The van der Waals surface area contributed by atoms with Crippen LogP contribution in [0.1, 0.15) is 98.8 Å². The zero-order valence-electron chi connectivity index (χ0n) is 15.2. The van der Waals surface area contributed by atoms with Crippen LogP contribution in [-0.2, 0) is 9.53 Å². The molecule has 0 saturated heterocycles. The van der Waals surface area contributed by atoms with Crippen LogP contribution in [0.5, 0.6) is 0 Å². The fourth-order valence-electron chi connectivity index (χ4n) is 2.85. The summed E-state index contributed by atoms with van der Waals surface area (Å²) in [6.45, 7) is 11.2. The maximum Gasteiger partial charge on any atom is 0.311 e. The van der Waals surface area contributed by atoms with E-state index in [2.05, 4.69) is 20.8 Å². The van der Waals surface area contributed by atoms with Crippen molar-refractivity contribution in [2.45, 2.75) is 98.8 Å². The highest BCUT2D eigenvalue weighted by atomic mass is 16.5. The molecule has 0 N–H and O–H groups in total. The number of hydrogen-bond acceptors (Lipinski definition) is 2. The molecule has 0 amide bonds. The van der Waals surface area contributed by atoms with Crippen molar-refractivity contribution in [2.24, 2.45) is 11.3 Å². The fourth-order valence-corrected chi connectivity index (χ4v) is 2.85. The van der Waals surface area contributed by atoms with Crippen molar-refractivity contribution < 1.29 is 9.53 Å². The Morgan fingerprint density at radius 1 is 0.905 bits per heavy atom. The lowest BCUT2D eigenvalue weighted by Gasteiger charge is -2.23. The first-order valence-corrected chi connectivity index (χ1v) is 9.15. The number of carbonyl (C=O) groups excluding carboxylic acids is 1. The van der Waals surface area contributed by atoms with Crippen LogP contribution >= 0.6 is 0 Å². The minimum absolute atomic E-state index is 0.0212. The first-order valence-electron chi connectivity index (χ1n) is 9.15. The number of rotatable bonds is 13. The number of esters is 1. The number of unbranched alkanes of at least 4 members (excludes halogenated alkanes) is 3. The van der Waals surface area contributed by atoms with Crippen LogP contribution in [0, 0.1) is 11.3 Å². The fraction of sp³-hybridized carbons (Fsp3) is 0.947. The van der Waals surface area contributed by atoms with Gasteiger partial charge < -0.3 is 4.74 Å². The Hall–Kier alpha value is -0.530. The van der Waals surface area contributed by atoms with Crippen LogP contribution in [0.2, 0.25) is 0 Å². The van der Waals surface area contributed by atoms with Crippen molar-refractivity contribution in [2.75, 3.05) is 6.61 Å². The van der Waals surface area contributed by atoms with Gasteiger partial charge in [0.05, 0.1) is 12.0 Å². The average Bonchev–Trinajstić information content (AvgIpc) is 2.44. The molecule has 0 fully saturated rings. The van der Waals surface area contributed by atoms with Crippen molar-refractivity contribution >= 4 is 5.97 Å². The minimum Gasteiger partial charge on any atom is -0.465 e. The van der Waals surface area contributed by atoms with Crippen LogP contribution in [0.3, 0.4) is 0 Å². The van der Waals surface area contributed by atoms with E-state index in [9.17, 15) is 4.79 Å². The van der Waals surface area contributed by atoms with Gasteiger partial charge in [0.25, 0.3) is 0 Å². The van der Waals surface area contributed by atoms with Crippen molar-refractivity contribution in [3.05, 3.63) is 0 Å². The van der Waals surface area contributed by atoms with Crippen LogP contribution in [-0.4, -0.2) is 12.6 Å². The van der Waals surface area contributed by atoms with Crippen molar-refractivity contribution in [3.8, 4) is 0 Å². The zero-order chi connectivity index (χ0) is 16.1. The van der Waals surface area contributed by atoms with Gasteiger partial charge in [0.15, 0.2) is 0 Å². The molecule has 0 aliphatic heterocycles. The first-order chi connectivity index (χ1) is 9.97. The molecule has 126 valence electrons. The van der Waals surface area contributed by atoms with Gasteiger partial charge >= 0.3 is 5.97 Å². The van der Waals surface area contributed by atoms with Gasteiger partial charge in [0.1, 0.15) is 0 Å². The van der Waals surface area contributed by atoms with E-state index < -0.39 is 0 Å². The minimum atomic E-state index is -0.324. The Morgan fingerprint density at radius 3 is 2.10 bits per heavy atom. The lowest BCUT2D eigenvalue weighted by Crippen LogP contribution is -2.27. The predicted molar refractivity (Wildman–Crippen MR) is 91.4 cm³/mol. The topological polar surface area (TPSA) is 26.3 Å². The van der Waals surface area contributed by atoms with Crippen LogP contribution in [0.25, 0.3) is 0 Å². The molecule has 2 nitrogen and oxygen atoms in total. The second kappa shape index (κ2) is 12.1. The number of ether oxygens (including phenoxy) is 1.